The molecule has 140 valence electrons. The lowest BCUT2D eigenvalue weighted by Gasteiger charge is -2.34. The highest BCUT2D eigenvalue weighted by molar-refractivity contribution is 5.83. The van der Waals surface area contributed by atoms with Gasteiger partial charge in [-0.25, -0.2) is 4.39 Å². The van der Waals surface area contributed by atoms with Crippen LogP contribution in [0.15, 0.2) is 42.7 Å². The first-order chi connectivity index (χ1) is 13.0. The zero-order valence-corrected chi connectivity index (χ0v) is 14.1. The number of rotatable bonds is 5. The largest absolute Gasteiger partial charge is 0.435 e. The number of aromatic nitrogens is 3. The zero-order valence-electron chi connectivity index (χ0n) is 14.1. The number of halogens is 3. The molecule has 0 spiro atoms. The van der Waals surface area contributed by atoms with E-state index < -0.39 is 12.8 Å². The lowest BCUT2D eigenvalue weighted by molar-refractivity contribution is -0.139. The highest BCUT2D eigenvalue weighted by Crippen LogP contribution is 2.27. The van der Waals surface area contributed by atoms with E-state index in [2.05, 4.69) is 14.8 Å². The number of fused-ring (bicyclic) bond motifs is 1. The van der Waals surface area contributed by atoms with Gasteiger partial charge >= 0.3 is 6.61 Å². The molecule has 1 aliphatic heterocycles. The summed E-state index contributed by atoms with van der Waals surface area (Å²) in [5.74, 6) is -0.170. The number of amides is 1. The predicted molar refractivity (Wildman–Crippen MR) is 91.1 cm³/mol. The Morgan fingerprint density at radius 1 is 1.22 bits per heavy atom. The van der Waals surface area contributed by atoms with Gasteiger partial charge in [0.05, 0.1) is 24.8 Å². The van der Waals surface area contributed by atoms with Gasteiger partial charge in [0.25, 0.3) is 0 Å². The maximum atomic E-state index is 12.9. The third-order valence-electron chi connectivity index (χ3n) is 4.36. The molecule has 9 heteroatoms. The van der Waals surface area contributed by atoms with E-state index in [-0.39, 0.29) is 31.3 Å². The number of carbonyl (C=O) groups excluding carboxylic acids is 1. The fourth-order valence-electron chi connectivity index (χ4n) is 2.95. The molecule has 0 aliphatic carbocycles. The summed E-state index contributed by atoms with van der Waals surface area (Å²) in [6.07, 6.45) is 2.18. The molecule has 0 atom stereocenters. The molecule has 0 bridgehead atoms. The van der Waals surface area contributed by atoms with E-state index in [1.165, 1.54) is 27.9 Å². The minimum atomic E-state index is -2.90. The molecule has 0 unspecified atom stereocenters. The number of ether oxygens (including phenoxy) is 1. The summed E-state index contributed by atoms with van der Waals surface area (Å²) >= 11 is 0. The van der Waals surface area contributed by atoms with Crippen LogP contribution in [0.25, 0.3) is 22.2 Å². The van der Waals surface area contributed by atoms with Crippen LogP contribution in [-0.4, -0.2) is 51.4 Å². The number of alkyl halides is 3. The van der Waals surface area contributed by atoms with Gasteiger partial charge in [0.2, 0.25) is 5.91 Å². The molecule has 0 radical (unpaired) electrons. The first-order valence-electron chi connectivity index (χ1n) is 8.28. The third kappa shape index (κ3) is 3.57. The molecule has 3 heterocycles. The second-order valence-corrected chi connectivity index (χ2v) is 6.23. The fourth-order valence-corrected chi connectivity index (χ4v) is 2.95. The number of likely N-dealkylation sites (tertiary alicyclic amines) is 1. The quantitative estimate of drug-likeness (QED) is 0.687. The number of hydrogen-bond acceptors (Lipinski definition) is 4. The minimum absolute atomic E-state index is 0.0180. The number of pyridine rings is 1. The van der Waals surface area contributed by atoms with Crippen LogP contribution < -0.4 is 4.74 Å². The molecule has 6 nitrogen and oxygen atoms in total. The van der Waals surface area contributed by atoms with Crippen molar-refractivity contribution in [2.45, 2.75) is 19.3 Å². The van der Waals surface area contributed by atoms with Gasteiger partial charge in [-0.15, -0.1) is 0 Å². The van der Waals surface area contributed by atoms with E-state index in [0.717, 1.165) is 0 Å². The SMILES string of the molecule is O=C(Cn1ncc2ncc(-c3cccc(OC(F)F)c3)cc21)N1CC(F)C1. The molecular formula is C18H15F3N4O2. The second-order valence-electron chi connectivity index (χ2n) is 6.23. The van der Waals surface area contributed by atoms with Crippen molar-refractivity contribution in [1.29, 1.82) is 0 Å². The van der Waals surface area contributed by atoms with E-state index >= 15 is 0 Å². The Labute approximate surface area is 152 Å². The van der Waals surface area contributed by atoms with Crippen molar-refractivity contribution in [2.24, 2.45) is 0 Å². The van der Waals surface area contributed by atoms with Gasteiger partial charge in [-0.3, -0.25) is 14.5 Å². The summed E-state index contributed by atoms with van der Waals surface area (Å²) in [5, 5.41) is 4.18. The van der Waals surface area contributed by atoms with Crippen molar-refractivity contribution in [2.75, 3.05) is 13.1 Å². The third-order valence-corrected chi connectivity index (χ3v) is 4.36. The van der Waals surface area contributed by atoms with Gasteiger partial charge in [-0.1, -0.05) is 12.1 Å². The summed E-state index contributed by atoms with van der Waals surface area (Å²) < 4.78 is 43.7. The van der Waals surface area contributed by atoms with Crippen LogP contribution in [-0.2, 0) is 11.3 Å². The molecule has 0 saturated carbocycles. The van der Waals surface area contributed by atoms with Gasteiger partial charge in [0, 0.05) is 11.8 Å². The Morgan fingerprint density at radius 2 is 2.04 bits per heavy atom. The fraction of sp³-hybridized carbons (Fsp3) is 0.278. The number of hydrogen-bond donors (Lipinski definition) is 0. The average Bonchev–Trinajstić information content (AvgIpc) is 3.01. The van der Waals surface area contributed by atoms with Crippen LogP contribution in [0, 0.1) is 0 Å². The topological polar surface area (TPSA) is 60.3 Å². The normalized spacial score (nSPS) is 14.6. The molecule has 3 aromatic rings. The highest BCUT2D eigenvalue weighted by atomic mass is 19.3. The maximum absolute atomic E-state index is 12.9. The molecule has 0 N–H and O–H groups in total. The predicted octanol–water partition coefficient (Wildman–Crippen LogP) is 2.88. The molecule has 4 rings (SSSR count). The van der Waals surface area contributed by atoms with Gasteiger partial charge in [-0.05, 0) is 23.8 Å². The Morgan fingerprint density at radius 3 is 2.78 bits per heavy atom. The second kappa shape index (κ2) is 6.90. The van der Waals surface area contributed by atoms with E-state index in [9.17, 15) is 18.0 Å². The van der Waals surface area contributed by atoms with Crippen molar-refractivity contribution < 1.29 is 22.7 Å². The van der Waals surface area contributed by atoms with Crippen LogP contribution in [0.3, 0.4) is 0 Å². The van der Waals surface area contributed by atoms with Crippen LogP contribution in [0.2, 0.25) is 0 Å². The van der Waals surface area contributed by atoms with Crippen molar-refractivity contribution in [3.63, 3.8) is 0 Å². The molecule has 2 aromatic heterocycles. The molecular weight excluding hydrogens is 361 g/mol. The molecule has 1 fully saturated rings. The van der Waals surface area contributed by atoms with Crippen LogP contribution in [0.4, 0.5) is 13.2 Å². The Balaban J connectivity index is 1.61. The van der Waals surface area contributed by atoms with Crippen molar-refractivity contribution in [1.82, 2.24) is 19.7 Å². The Kier molecular flexibility index (Phi) is 4.43. The number of nitrogens with zero attached hydrogens (tertiary/aromatic N) is 4. The smallest absolute Gasteiger partial charge is 0.387 e. The summed E-state index contributed by atoms with van der Waals surface area (Å²) in [5.41, 5.74) is 2.53. The Bertz CT molecular complexity index is 986. The zero-order chi connectivity index (χ0) is 19.0. The van der Waals surface area contributed by atoms with Crippen molar-refractivity contribution in [3.05, 3.63) is 42.7 Å². The molecule has 1 aromatic carbocycles. The molecule has 1 saturated heterocycles. The summed E-state index contributed by atoms with van der Waals surface area (Å²) in [7, 11) is 0. The Hall–Kier alpha value is -3.10. The highest BCUT2D eigenvalue weighted by Gasteiger charge is 2.30. The average molecular weight is 376 g/mol. The van der Waals surface area contributed by atoms with Crippen LogP contribution in [0.5, 0.6) is 5.75 Å². The number of benzene rings is 1. The monoisotopic (exact) mass is 376 g/mol. The van der Waals surface area contributed by atoms with Crippen LogP contribution in [0.1, 0.15) is 0 Å². The summed E-state index contributed by atoms with van der Waals surface area (Å²) in [6, 6.07) is 8.06. The standard InChI is InChI=1S/C18H15F3N4O2/c19-13-8-24(9-13)17(26)10-25-16-5-12(6-22-15(16)7-23-25)11-2-1-3-14(4-11)27-18(20)21/h1-7,13,18H,8-10H2. The summed E-state index contributed by atoms with van der Waals surface area (Å²) in [6.45, 7) is -2.70. The molecule has 27 heavy (non-hydrogen) atoms. The van der Waals surface area contributed by atoms with Crippen LogP contribution >= 0.6 is 0 Å². The van der Waals surface area contributed by atoms with Gasteiger partial charge in [0.15, 0.2) is 0 Å². The molecule has 1 amide bonds. The van der Waals surface area contributed by atoms with Gasteiger partial charge < -0.3 is 9.64 Å². The van der Waals surface area contributed by atoms with E-state index in [1.54, 1.807) is 24.4 Å². The van der Waals surface area contributed by atoms with Crippen molar-refractivity contribution in [3.8, 4) is 16.9 Å². The van der Waals surface area contributed by atoms with Crippen molar-refractivity contribution >= 4 is 16.9 Å². The van der Waals surface area contributed by atoms with Gasteiger partial charge in [-0.2, -0.15) is 13.9 Å². The number of carbonyl (C=O) groups is 1. The van der Waals surface area contributed by atoms with E-state index in [4.69, 9.17) is 0 Å². The lowest BCUT2D eigenvalue weighted by atomic mass is 10.1. The lowest BCUT2D eigenvalue weighted by Crippen LogP contribution is -2.52. The summed E-state index contributed by atoms with van der Waals surface area (Å²) in [4.78, 5) is 17.9. The first kappa shape index (κ1) is 17.3. The van der Waals surface area contributed by atoms with Gasteiger partial charge in [0.1, 0.15) is 24.0 Å². The van der Waals surface area contributed by atoms with E-state index in [0.29, 0.717) is 22.2 Å². The van der Waals surface area contributed by atoms with E-state index in [1.807, 2.05) is 0 Å². The first-order valence-corrected chi connectivity index (χ1v) is 8.28. The minimum Gasteiger partial charge on any atom is -0.435 e. The molecule has 1 aliphatic rings. The maximum Gasteiger partial charge on any atom is 0.387 e.